The van der Waals surface area contributed by atoms with Crippen LogP contribution in [0.25, 0.3) is 0 Å². The van der Waals surface area contributed by atoms with Gasteiger partial charge in [-0.05, 0) is 6.42 Å². The van der Waals surface area contributed by atoms with Crippen LogP contribution < -0.4 is 0 Å². The van der Waals surface area contributed by atoms with Gasteiger partial charge in [0.05, 0.1) is 4.08 Å². The number of aliphatic carboxylic acids is 1. The molecule has 2 nitrogen and oxygen atoms in total. The summed E-state index contributed by atoms with van der Waals surface area (Å²) in [5.74, 6) is -0.690. The molecule has 0 spiro atoms. The normalized spacial score (nSPS) is 52.1. The van der Waals surface area contributed by atoms with Crippen molar-refractivity contribution in [3.63, 3.8) is 0 Å². The summed E-state index contributed by atoms with van der Waals surface area (Å²) in [4.78, 5) is 10.5. The van der Waals surface area contributed by atoms with Gasteiger partial charge in [-0.1, -0.05) is 12.2 Å². The Morgan fingerprint density at radius 3 is 2.93 bits per heavy atom. The van der Waals surface area contributed by atoms with E-state index in [2.05, 4.69) is 24.8 Å². The molecule has 1 aliphatic carbocycles. The summed E-state index contributed by atoms with van der Waals surface area (Å²) in [5.41, 5.74) is 0. The Kier molecular flexibility index (Phi) is 1.82. The van der Waals surface area contributed by atoms with Crippen molar-refractivity contribution in [1.82, 2.24) is 0 Å². The van der Waals surface area contributed by atoms with Gasteiger partial charge in [0.15, 0.2) is 0 Å². The lowest BCUT2D eigenvalue weighted by atomic mass is 9.91. The second kappa shape index (κ2) is 2.68. The standard InChI is InChI=1S/C9H10O2S3/c10-5(11)1-2-8-3-4-9(12)7(14-9)6(8)13-8/h3-4,6-7,12H,1-2H2,(H,10,11). The minimum atomic E-state index is -0.690. The van der Waals surface area contributed by atoms with Crippen molar-refractivity contribution in [3.05, 3.63) is 12.2 Å². The zero-order chi connectivity index (χ0) is 9.97. The molecule has 4 atom stereocenters. The van der Waals surface area contributed by atoms with Crippen LogP contribution in [0.15, 0.2) is 12.2 Å². The van der Waals surface area contributed by atoms with E-state index in [0.717, 1.165) is 6.42 Å². The summed E-state index contributed by atoms with van der Waals surface area (Å²) in [5, 5.41) is 9.89. The predicted molar refractivity (Wildman–Crippen MR) is 63.2 cm³/mol. The highest BCUT2D eigenvalue weighted by atomic mass is 32.2. The van der Waals surface area contributed by atoms with Crippen LogP contribution in [0.5, 0.6) is 0 Å². The molecule has 0 bridgehead atoms. The summed E-state index contributed by atoms with van der Waals surface area (Å²) in [6.45, 7) is 0. The summed E-state index contributed by atoms with van der Waals surface area (Å²) in [7, 11) is 0. The van der Waals surface area contributed by atoms with Crippen molar-refractivity contribution in [2.75, 3.05) is 0 Å². The molecule has 76 valence electrons. The molecule has 3 rings (SSSR count). The largest absolute Gasteiger partial charge is 0.481 e. The Bertz CT molecular complexity index is 343. The van der Waals surface area contributed by atoms with E-state index in [4.69, 9.17) is 5.11 Å². The highest BCUT2D eigenvalue weighted by Crippen LogP contribution is 2.75. The maximum Gasteiger partial charge on any atom is 0.303 e. The summed E-state index contributed by atoms with van der Waals surface area (Å²) < 4.78 is 0.236. The Morgan fingerprint density at radius 2 is 2.21 bits per heavy atom. The quantitative estimate of drug-likeness (QED) is 0.454. The summed E-state index contributed by atoms with van der Waals surface area (Å²) in [6, 6.07) is 0. The molecule has 2 fully saturated rings. The van der Waals surface area contributed by atoms with E-state index < -0.39 is 5.97 Å². The first-order chi connectivity index (χ1) is 6.56. The lowest BCUT2D eigenvalue weighted by Crippen LogP contribution is -2.24. The van der Waals surface area contributed by atoms with Crippen molar-refractivity contribution in [2.45, 2.75) is 32.2 Å². The van der Waals surface area contributed by atoms with Gasteiger partial charge in [0.1, 0.15) is 0 Å². The van der Waals surface area contributed by atoms with E-state index in [1.165, 1.54) is 0 Å². The molecule has 0 saturated carbocycles. The van der Waals surface area contributed by atoms with Crippen LogP contribution in [0.4, 0.5) is 0 Å². The average Bonchev–Trinajstić information content (AvgIpc) is 2.93. The lowest BCUT2D eigenvalue weighted by molar-refractivity contribution is -0.137. The Labute approximate surface area is 96.3 Å². The number of thiol groups is 1. The smallest absolute Gasteiger partial charge is 0.303 e. The lowest BCUT2D eigenvalue weighted by Gasteiger charge is -2.14. The third-order valence-electron chi connectivity index (χ3n) is 3.05. The maximum absolute atomic E-state index is 10.5. The molecule has 0 radical (unpaired) electrons. The first kappa shape index (κ1) is 9.48. The molecule has 4 unspecified atom stereocenters. The van der Waals surface area contributed by atoms with Crippen LogP contribution in [0.2, 0.25) is 0 Å². The number of thioether (sulfide) groups is 2. The molecule has 0 aromatic carbocycles. The molecule has 14 heavy (non-hydrogen) atoms. The highest BCUT2D eigenvalue weighted by molar-refractivity contribution is 8.22. The molecule has 5 heteroatoms. The van der Waals surface area contributed by atoms with Crippen LogP contribution >= 0.6 is 36.2 Å². The van der Waals surface area contributed by atoms with Gasteiger partial charge in [-0.2, -0.15) is 12.6 Å². The first-order valence-electron chi connectivity index (χ1n) is 4.56. The zero-order valence-electron chi connectivity index (χ0n) is 7.34. The zero-order valence-corrected chi connectivity index (χ0v) is 9.87. The van der Waals surface area contributed by atoms with Gasteiger partial charge in [-0.3, -0.25) is 4.79 Å². The molecule has 2 heterocycles. The van der Waals surface area contributed by atoms with Gasteiger partial charge in [0.25, 0.3) is 0 Å². The molecule has 3 aliphatic rings. The van der Waals surface area contributed by atoms with Crippen molar-refractivity contribution >= 4 is 42.1 Å². The highest BCUT2D eigenvalue weighted by Gasteiger charge is 2.71. The molecule has 0 amide bonds. The fourth-order valence-corrected chi connectivity index (χ4v) is 5.76. The Hall–Kier alpha value is 0.260. The number of carboxylic acid groups (broad SMARTS) is 1. The number of fused-ring (bicyclic) bond motifs is 3. The summed E-state index contributed by atoms with van der Waals surface area (Å²) >= 11 is 8.38. The Morgan fingerprint density at radius 1 is 1.43 bits per heavy atom. The summed E-state index contributed by atoms with van der Waals surface area (Å²) in [6.07, 6.45) is 5.40. The van der Waals surface area contributed by atoms with Crippen LogP contribution in [0.3, 0.4) is 0 Å². The SMILES string of the molecule is O=C(O)CCC12C=CC3(S)SC3C1S2. The number of carboxylic acids is 1. The second-order valence-corrected chi connectivity index (χ2v) is 7.98. The van der Waals surface area contributed by atoms with Crippen LogP contribution in [-0.4, -0.2) is 30.4 Å². The number of hydrogen-bond acceptors (Lipinski definition) is 4. The van der Waals surface area contributed by atoms with E-state index in [-0.39, 0.29) is 15.2 Å². The molecular weight excluding hydrogens is 236 g/mol. The fourth-order valence-electron chi connectivity index (χ4n) is 2.08. The van der Waals surface area contributed by atoms with E-state index in [0.29, 0.717) is 10.5 Å². The second-order valence-electron chi connectivity index (χ2n) is 4.01. The molecule has 1 N–H and O–H groups in total. The predicted octanol–water partition coefficient (Wildman–Crippen LogP) is 2.02. The van der Waals surface area contributed by atoms with Crippen molar-refractivity contribution in [3.8, 4) is 0 Å². The molecule has 0 aromatic rings. The molecular formula is C9H10O2S3. The van der Waals surface area contributed by atoms with Crippen molar-refractivity contribution in [2.24, 2.45) is 0 Å². The fraction of sp³-hybridized carbons (Fsp3) is 0.667. The van der Waals surface area contributed by atoms with Gasteiger partial charge < -0.3 is 5.11 Å². The van der Waals surface area contributed by atoms with Crippen LogP contribution in [0, 0.1) is 0 Å². The van der Waals surface area contributed by atoms with Gasteiger partial charge in [-0.15, -0.1) is 23.5 Å². The van der Waals surface area contributed by atoms with Crippen LogP contribution in [0.1, 0.15) is 12.8 Å². The number of rotatable bonds is 3. The monoisotopic (exact) mass is 246 g/mol. The van der Waals surface area contributed by atoms with Crippen LogP contribution in [-0.2, 0) is 4.79 Å². The maximum atomic E-state index is 10.5. The van der Waals surface area contributed by atoms with Gasteiger partial charge in [0, 0.05) is 21.7 Å². The van der Waals surface area contributed by atoms with Gasteiger partial charge in [0.2, 0.25) is 0 Å². The first-order valence-corrected chi connectivity index (χ1v) is 6.77. The third-order valence-corrected chi connectivity index (χ3v) is 7.27. The minimum absolute atomic E-state index is 0.0842. The van der Waals surface area contributed by atoms with Gasteiger partial charge in [-0.25, -0.2) is 0 Å². The average molecular weight is 246 g/mol. The molecule has 2 aliphatic heterocycles. The minimum Gasteiger partial charge on any atom is -0.481 e. The van der Waals surface area contributed by atoms with E-state index in [1.54, 1.807) is 0 Å². The molecule has 2 saturated heterocycles. The Balaban J connectivity index is 1.71. The van der Waals surface area contributed by atoms with E-state index in [9.17, 15) is 4.79 Å². The number of carbonyl (C=O) groups is 1. The van der Waals surface area contributed by atoms with Crippen molar-refractivity contribution < 1.29 is 9.90 Å². The molecule has 0 aromatic heterocycles. The topological polar surface area (TPSA) is 37.3 Å². The van der Waals surface area contributed by atoms with Crippen molar-refractivity contribution in [1.29, 1.82) is 0 Å². The van der Waals surface area contributed by atoms with E-state index in [1.807, 2.05) is 23.5 Å². The number of hydrogen-bond donors (Lipinski definition) is 2. The van der Waals surface area contributed by atoms with E-state index >= 15 is 0 Å². The third kappa shape index (κ3) is 1.25. The van der Waals surface area contributed by atoms with Gasteiger partial charge >= 0.3 is 5.97 Å².